The Bertz CT molecular complexity index is 933. The largest absolute Gasteiger partial charge is 0.487 e. The first kappa shape index (κ1) is 19.7. The number of benzene rings is 1. The van der Waals surface area contributed by atoms with Gasteiger partial charge in [-0.05, 0) is 18.7 Å². The van der Waals surface area contributed by atoms with E-state index in [2.05, 4.69) is 21.8 Å². The summed E-state index contributed by atoms with van der Waals surface area (Å²) in [4.78, 5) is 25.2. The van der Waals surface area contributed by atoms with Crippen molar-refractivity contribution in [3.8, 4) is 5.75 Å². The molecule has 1 unspecified atom stereocenters. The highest BCUT2D eigenvalue weighted by Gasteiger charge is 2.36. The van der Waals surface area contributed by atoms with E-state index in [1.807, 2.05) is 0 Å². The first-order valence-corrected chi connectivity index (χ1v) is 9.85. The van der Waals surface area contributed by atoms with E-state index in [9.17, 15) is 9.18 Å². The van der Waals surface area contributed by atoms with Crippen LogP contribution >= 0.6 is 11.6 Å². The smallest absolute Gasteiger partial charge is 0.257 e. The van der Waals surface area contributed by atoms with Gasteiger partial charge in [0.2, 0.25) is 0 Å². The Morgan fingerprint density at radius 3 is 2.72 bits per heavy atom. The van der Waals surface area contributed by atoms with Gasteiger partial charge in [0.15, 0.2) is 0 Å². The molecule has 2 aromatic rings. The normalized spacial score (nSPS) is 20.0. The number of nitrogens with one attached hydrogen (secondary N) is 1. The summed E-state index contributed by atoms with van der Waals surface area (Å²) in [7, 11) is 0. The summed E-state index contributed by atoms with van der Waals surface area (Å²) in [6.07, 6.45) is 2.90. The molecule has 0 spiro atoms. The van der Waals surface area contributed by atoms with Crippen LogP contribution in [0.1, 0.15) is 29.0 Å². The third kappa shape index (κ3) is 4.09. The van der Waals surface area contributed by atoms with Gasteiger partial charge in [0.05, 0.1) is 23.0 Å². The van der Waals surface area contributed by atoms with Crippen LogP contribution in [-0.4, -0.2) is 70.2 Å². The third-order valence-electron chi connectivity index (χ3n) is 5.26. The van der Waals surface area contributed by atoms with Crippen LogP contribution in [0.15, 0.2) is 30.6 Å². The van der Waals surface area contributed by atoms with E-state index < -0.39 is 5.82 Å². The maximum atomic E-state index is 13.8. The fourth-order valence-corrected chi connectivity index (χ4v) is 3.68. The molecule has 2 aliphatic rings. The first-order valence-electron chi connectivity index (χ1n) is 9.47. The van der Waals surface area contributed by atoms with E-state index in [4.69, 9.17) is 21.7 Å². The second kappa shape index (κ2) is 8.04. The summed E-state index contributed by atoms with van der Waals surface area (Å²) in [6, 6.07) is 3.95. The lowest BCUT2D eigenvalue weighted by atomic mass is 10.1. The maximum absolute atomic E-state index is 13.8. The zero-order chi connectivity index (χ0) is 20.5. The van der Waals surface area contributed by atoms with Crippen molar-refractivity contribution < 1.29 is 13.9 Å². The van der Waals surface area contributed by atoms with E-state index in [1.54, 1.807) is 4.90 Å². The van der Waals surface area contributed by atoms with Gasteiger partial charge in [0.1, 0.15) is 23.5 Å². The molecule has 2 fully saturated rings. The number of rotatable bonds is 5. The summed E-state index contributed by atoms with van der Waals surface area (Å²) in [6.45, 7) is 4.95. The van der Waals surface area contributed by atoms with Crippen LogP contribution in [0.2, 0.25) is 5.02 Å². The van der Waals surface area contributed by atoms with Gasteiger partial charge in [-0.15, -0.1) is 0 Å². The number of amides is 1. The number of carbonyl (C=O) groups is 1. The molecular formula is C20H21ClFN5O2. The minimum Gasteiger partial charge on any atom is -0.487 e. The van der Waals surface area contributed by atoms with Crippen molar-refractivity contribution in [2.45, 2.75) is 18.9 Å². The number of halogens is 2. The number of hydrogen-bond acceptors (Lipinski definition) is 6. The fraction of sp³-hybridized carbons (Fsp3) is 0.400. The highest BCUT2D eigenvalue weighted by Crippen LogP contribution is 2.29. The Labute approximate surface area is 173 Å². The van der Waals surface area contributed by atoms with Gasteiger partial charge in [-0.3, -0.25) is 9.69 Å². The van der Waals surface area contributed by atoms with E-state index in [-0.39, 0.29) is 36.8 Å². The van der Waals surface area contributed by atoms with Crippen LogP contribution in [0.4, 0.5) is 4.39 Å². The highest BCUT2D eigenvalue weighted by atomic mass is 35.5. The molecule has 2 saturated heterocycles. The van der Waals surface area contributed by atoms with Gasteiger partial charge in [0, 0.05) is 43.8 Å². The molecule has 4 rings (SSSR count). The van der Waals surface area contributed by atoms with Crippen LogP contribution in [0.5, 0.6) is 5.75 Å². The molecule has 152 valence electrons. The average molecular weight is 418 g/mol. The summed E-state index contributed by atoms with van der Waals surface area (Å²) >= 11 is 5.83. The molecule has 29 heavy (non-hydrogen) atoms. The Hall–Kier alpha value is -2.58. The molecule has 1 aromatic heterocycles. The average Bonchev–Trinajstić information content (AvgIpc) is 3.06. The number of hydrogen-bond donors (Lipinski definition) is 1. The van der Waals surface area contributed by atoms with Crippen molar-refractivity contribution in [2.24, 2.45) is 0 Å². The molecular weight excluding hydrogens is 397 g/mol. The van der Waals surface area contributed by atoms with Gasteiger partial charge >= 0.3 is 0 Å². The predicted octanol–water partition coefficient (Wildman–Crippen LogP) is 2.61. The molecule has 1 amide bonds. The molecule has 1 atom stereocenters. The summed E-state index contributed by atoms with van der Waals surface area (Å²) in [5, 5.41) is 8.68. The van der Waals surface area contributed by atoms with Crippen molar-refractivity contribution in [3.63, 3.8) is 0 Å². The number of carbonyl (C=O) groups excluding carboxylic acids is 1. The Morgan fingerprint density at radius 1 is 1.31 bits per heavy atom. The van der Waals surface area contributed by atoms with Gasteiger partial charge < -0.3 is 15.0 Å². The molecule has 9 heteroatoms. The zero-order valence-corrected chi connectivity index (χ0v) is 16.7. The third-order valence-corrected chi connectivity index (χ3v) is 5.46. The SMILES string of the molecule is CCN1CC(Oc2cc(F)ccc2C(=O)N2CC(=N)C(c3ncc(Cl)cn3)C2)C1. The minimum absolute atomic E-state index is 0.0598. The Balaban J connectivity index is 1.51. The molecule has 7 nitrogen and oxygen atoms in total. The van der Waals surface area contributed by atoms with Gasteiger partial charge in [-0.25, -0.2) is 14.4 Å². The van der Waals surface area contributed by atoms with Crippen LogP contribution in [0, 0.1) is 11.2 Å². The number of nitrogens with zero attached hydrogens (tertiary/aromatic N) is 4. The second-order valence-electron chi connectivity index (χ2n) is 7.26. The topological polar surface area (TPSA) is 82.4 Å². The van der Waals surface area contributed by atoms with Crippen molar-refractivity contribution >= 4 is 23.2 Å². The van der Waals surface area contributed by atoms with Gasteiger partial charge in [0.25, 0.3) is 5.91 Å². The van der Waals surface area contributed by atoms with Crippen LogP contribution in [0.25, 0.3) is 0 Å². The molecule has 0 bridgehead atoms. The molecule has 0 saturated carbocycles. The quantitative estimate of drug-likeness (QED) is 0.808. The van der Waals surface area contributed by atoms with E-state index in [1.165, 1.54) is 30.6 Å². The monoisotopic (exact) mass is 417 g/mol. The maximum Gasteiger partial charge on any atom is 0.257 e. The van der Waals surface area contributed by atoms with Crippen molar-refractivity contribution in [3.05, 3.63) is 52.8 Å². The Kier molecular flexibility index (Phi) is 5.47. The Morgan fingerprint density at radius 2 is 2.03 bits per heavy atom. The molecule has 2 aliphatic heterocycles. The van der Waals surface area contributed by atoms with E-state index in [0.29, 0.717) is 22.1 Å². The number of ether oxygens (including phenoxy) is 1. The van der Waals surface area contributed by atoms with E-state index in [0.717, 1.165) is 19.6 Å². The standard InChI is InChI=1S/C20H21ClFN5O2/c1-2-26-8-14(9-26)29-18-5-13(22)3-4-15(18)20(28)27-10-16(17(23)11-27)19-24-6-12(21)7-25-19/h3-7,14,16,23H,2,8-11H2,1H3. The van der Waals surface area contributed by atoms with Crippen LogP contribution < -0.4 is 4.74 Å². The van der Waals surface area contributed by atoms with Crippen molar-refractivity contribution in [1.82, 2.24) is 19.8 Å². The lowest BCUT2D eigenvalue weighted by Gasteiger charge is -2.38. The molecule has 3 heterocycles. The highest BCUT2D eigenvalue weighted by molar-refractivity contribution is 6.30. The molecule has 0 radical (unpaired) electrons. The van der Waals surface area contributed by atoms with Gasteiger partial charge in [-0.1, -0.05) is 18.5 Å². The summed E-state index contributed by atoms with van der Waals surface area (Å²) in [5.74, 6) is -0.434. The summed E-state index contributed by atoms with van der Waals surface area (Å²) in [5.41, 5.74) is 0.648. The second-order valence-corrected chi connectivity index (χ2v) is 7.69. The van der Waals surface area contributed by atoms with Crippen LogP contribution in [-0.2, 0) is 0 Å². The fourth-order valence-electron chi connectivity index (χ4n) is 3.58. The van der Waals surface area contributed by atoms with E-state index >= 15 is 0 Å². The predicted molar refractivity (Wildman–Crippen MR) is 106 cm³/mol. The first-order chi connectivity index (χ1) is 13.9. The molecule has 0 aliphatic carbocycles. The minimum atomic E-state index is -0.454. The lowest BCUT2D eigenvalue weighted by molar-refractivity contribution is 0.0227. The summed E-state index contributed by atoms with van der Waals surface area (Å²) < 4.78 is 19.7. The molecule has 1 aromatic carbocycles. The number of aromatic nitrogens is 2. The number of likely N-dealkylation sites (tertiary alicyclic amines) is 2. The molecule has 1 N–H and O–H groups in total. The van der Waals surface area contributed by atoms with Crippen molar-refractivity contribution in [2.75, 3.05) is 32.7 Å². The van der Waals surface area contributed by atoms with Crippen molar-refractivity contribution in [1.29, 1.82) is 5.41 Å². The zero-order valence-electron chi connectivity index (χ0n) is 15.9. The van der Waals surface area contributed by atoms with Crippen LogP contribution in [0.3, 0.4) is 0 Å². The lowest BCUT2D eigenvalue weighted by Crippen LogP contribution is -2.53. The van der Waals surface area contributed by atoms with Gasteiger partial charge in [-0.2, -0.15) is 0 Å². The number of likely N-dealkylation sites (N-methyl/N-ethyl adjacent to an activating group) is 1.